The fourth-order valence-electron chi connectivity index (χ4n) is 2.75. The Bertz CT molecular complexity index is 881. The molecule has 0 radical (unpaired) electrons. The molecule has 0 aromatic heterocycles. The van der Waals surface area contributed by atoms with Crippen molar-refractivity contribution in [3.05, 3.63) is 59.7 Å². The van der Waals surface area contributed by atoms with Crippen LogP contribution in [0.4, 0.5) is 11.4 Å². The maximum atomic E-state index is 11.7. The molecule has 10 nitrogen and oxygen atoms in total. The van der Waals surface area contributed by atoms with Gasteiger partial charge in [-0.05, 0) is 76.2 Å². The summed E-state index contributed by atoms with van der Waals surface area (Å²) in [6.07, 6.45) is 0. The van der Waals surface area contributed by atoms with Gasteiger partial charge < -0.3 is 9.47 Å². The van der Waals surface area contributed by atoms with E-state index in [1.807, 2.05) is 23.9 Å². The molecule has 0 N–H and O–H groups in total. The van der Waals surface area contributed by atoms with Gasteiger partial charge in [0.2, 0.25) is 0 Å². The number of carbonyl (C=O) groups is 2. The zero-order valence-electron chi connectivity index (χ0n) is 20.2. The molecule has 0 aliphatic rings. The molecule has 0 atom stereocenters. The Morgan fingerprint density at radius 1 is 0.647 bits per heavy atom. The number of nitrogens with zero attached hydrogens (tertiary/aromatic N) is 6. The Balaban J connectivity index is 1.89. The van der Waals surface area contributed by atoms with E-state index < -0.39 is 0 Å². The van der Waals surface area contributed by atoms with E-state index in [2.05, 4.69) is 20.7 Å². The molecule has 10 heteroatoms. The van der Waals surface area contributed by atoms with Crippen molar-refractivity contribution in [2.45, 2.75) is 27.7 Å². The van der Waals surface area contributed by atoms with Gasteiger partial charge in [-0.25, -0.2) is 9.59 Å². The Labute approximate surface area is 200 Å². The first-order valence-electron chi connectivity index (χ1n) is 11.4. The van der Waals surface area contributed by atoms with Crippen LogP contribution in [0.15, 0.2) is 69.2 Å². The average molecular weight is 469 g/mol. The highest BCUT2D eigenvalue weighted by Crippen LogP contribution is 2.16. The van der Waals surface area contributed by atoms with Crippen molar-refractivity contribution in [1.29, 1.82) is 0 Å². The van der Waals surface area contributed by atoms with E-state index >= 15 is 0 Å². The molecule has 0 aliphatic heterocycles. The minimum atomic E-state index is -0.357. The van der Waals surface area contributed by atoms with E-state index in [4.69, 9.17) is 9.47 Å². The molecule has 2 aromatic rings. The Morgan fingerprint density at radius 3 is 1.29 bits per heavy atom. The van der Waals surface area contributed by atoms with Crippen molar-refractivity contribution in [1.82, 2.24) is 10.0 Å². The highest BCUT2D eigenvalue weighted by molar-refractivity contribution is 5.90. The Kier molecular flexibility index (Phi) is 11.2. The third-order valence-electron chi connectivity index (χ3n) is 4.68. The molecule has 0 aliphatic carbocycles. The lowest BCUT2D eigenvalue weighted by molar-refractivity contribution is 0.0517. The van der Waals surface area contributed by atoms with Crippen molar-refractivity contribution in [3.8, 4) is 0 Å². The van der Waals surface area contributed by atoms with Crippen LogP contribution in [0, 0.1) is 0 Å². The van der Waals surface area contributed by atoms with Crippen molar-refractivity contribution in [3.63, 3.8) is 0 Å². The maximum Gasteiger partial charge on any atom is 0.338 e. The normalized spacial score (nSPS) is 11.1. The SMILES string of the molecule is CCOC(=O)c1ccc(N=NN(CC)CCN(CC)N=Nc2ccc(C(=O)OCC)cc2)cc1. The molecule has 2 rings (SSSR count). The Morgan fingerprint density at radius 2 is 1.00 bits per heavy atom. The van der Waals surface area contributed by atoms with Crippen LogP contribution in [0.1, 0.15) is 48.4 Å². The molecule has 0 heterocycles. The fourth-order valence-corrected chi connectivity index (χ4v) is 2.75. The van der Waals surface area contributed by atoms with E-state index in [1.165, 1.54) is 0 Å². The predicted octanol–water partition coefficient (Wildman–Crippen LogP) is 5.38. The van der Waals surface area contributed by atoms with Crippen LogP contribution >= 0.6 is 0 Å². The topological polar surface area (TPSA) is 109 Å². The summed E-state index contributed by atoms with van der Waals surface area (Å²) >= 11 is 0. The van der Waals surface area contributed by atoms with Gasteiger partial charge in [0, 0.05) is 13.1 Å². The number of hydrogen-bond donors (Lipinski definition) is 0. The van der Waals surface area contributed by atoms with Crippen molar-refractivity contribution in [2.75, 3.05) is 39.4 Å². The molecular formula is C24H32N6O4. The van der Waals surface area contributed by atoms with Crippen LogP contribution < -0.4 is 0 Å². The molecule has 182 valence electrons. The van der Waals surface area contributed by atoms with Crippen LogP contribution in [0.3, 0.4) is 0 Å². The summed E-state index contributed by atoms with van der Waals surface area (Å²) in [6.45, 7) is 10.8. The van der Waals surface area contributed by atoms with Gasteiger partial charge in [-0.1, -0.05) is 10.4 Å². The molecule has 0 bridgehead atoms. The fraction of sp³-hybridized carbons (Fsp3) is 0.417. The summed E-state index contributed by atoms with van der Waals surface area (Å²) in [6, 6.07) is 13.6. The minimum absolute atomic E-state index is 0.335. The second kappa shape index (κ2) is 14.4. The standard InChI is InChI=1S/C24H32N6O4/c1-5-29(27-25-21-13-9-19(10-14-21)23(31)33-7-3)17-18-30(6-2)28-26-22-15-11-20(12-16-22)24(32)34-8-4/h9-16H,5-8,17-18H2,1-4H3. The van der Waals surface area contributed by atoms with Gasteiger partial charge >= 0.3 is 11.9 Å². The molecule has 0 saturated heterocycles. The number of carbonyl (C=O) groups excluding carboxylic acids is 2. The zero-order valence-corrected chi connectivity index (χ0v) is 20.2. The van der Waals surface area contributed by atoms with E-state index in [0.29, 0.717) is 61.9 Å². The molecular weight excluding hydrogens is 436 g/mol. The van der Waals surface area contributed by atoms with Crippen molar-refractivity contribution >= 4 is 23.3 Å². The number of benzene rings is 2. The zero-order chi connectivity index (χ0) is 24.8. The lowest BCUT2D eigenvalue weighted by Gasteiger charge is -2.20. The monoisotopic (exact) mass is 468 g/mol. The number of esters is 2. The number of rotatable bonds is 13. The van der Waals surface area contributed by atoms with Crippen LogP contribution in [0.5, 0.6) is 0 Å². The number of hydrogen-bond acceptors (Lipinski definition) is 8. The summed E-state index contributed by atoms with van der Waals surface area (Å²) in [5, 5.41) is 20.7. The van der Waals surface area contributed by atoms with Crippen LogP contribution in [-0.4, -0.2) is 61.3 Å². The number of ether oxygens (including phenoxy) is 2. The van der Waals surface area contributed by atoms with Gasteiger partial charge in [-0.3, -0.25) is 10.0 Å². The largest absolute Gasteiger partial charge is 0.462 e. The molecule has 34 heavy (non-hydrogen) atoms. The second-order valence-corrected chi connectivity index (χ2v) is 7.01. The first-order valence-corrected chi connectivity index (χ1v) is 11.4. The lowest BCUT2D eigenvalue weighted by Crippen LogP contribution is -2.29. The smallest absolute Gasteiger partial charge is 0.338 e. The van der Waals surface area contributed by atoms with Gasteiger partial charge in [0.15, 0.2) is 0 Å². The molecule has 0 fully saturated rings. The van der Waals surface area contributed by atoms with Crippen LogP contribution in [-0.2, 0) is 9.47 Å². The van der Waals surface area contributed by atoms with Crippen LogP contribution in [0.2, 0.25) is 0 Å². The molecule has 0 amide bonds. The summed E-state index contributed by atoms with van der Waals surface area (Å²) < 4.78 is 9.96. The first-order chi connectivity index (χ1) is 16.5. The quantitative estimate of drug-likeness (QED) is 0.222. The summed E-state index contributed by atoms with van der Waals surface area (Å²) in [5.74, 6) is -0.713. The number of likely N-dealkylation sites (N-methyl/N-ethyl adjacent to an activating group) is 2. The maximum absolute atomic E-state index is 11.7. The second-order valence-electron chi connectivity index (χ2n) is 7.01. The Hall–Kier alpha value is -3.82. The molecule has 2 aromatic carbocycles. The highest BCUT2D eigenvalue weighted by Gasteiger charge is 2.07. The third-order valence-corrected chi connectivity index (χ3v) is 4.68. The van der Waals surface area contributed by atoms with Crippen molar-refractivity contribution < 1.29 is 19.1 Å². The average Bonchev–Trinajstić information content (AvgIpc) is 2.86. The van der Waals surface area contributed by atoms with Gasteiger partial charge in [0.1, 0.15) is 0 Å². The van der Waals surface area contributed by atoms with Gasteiger partial charge in [-0.2, -0.15) is 0 Å². The van der Waals surface area contributed by atoms with E-state index in [9.17, 15) is 9.59 Å². The predicted molar refractivity (Wildman–Crippen MR) is 128 cm³/mol. The summed E-state index contributed by atoms with van der Waals surface area (Å²) in [4.78, 5) is 23.5. The first kappa shape index (κ1) is 26.4. The van der Waals surface area contributed by atoms with E-state index in [0.717, 1.165) is 0 Å². The van der Waals surface area contributed by atoms with Crippen molar-refractivity contribution in [2.24, 2.45) is 20.7 Å². The minimum Gasteiger partial charge on any atom is -0.462 e. The van der Waals surface area contributed by atoms with Gasteiger partial charge in [0.25, 0.3) is 0 Å². The van der Waals surface area contributed by atoms with Gasteiger partial charge in [-0.15, -0.1) is 10.2 Å². The molecule has 0 saturated carbocycles. The lowest BCUT2D eigenvalue weighted by atomic mass is 10.2. The molecule has 0 spiro atoms. The third kappa shape index (κ3) is 8.61. The highest BCUT2D eigenvalue weighted by atomic mass is 16.5. The van der Waals surface area contributed by atoms with Gasteiger partial charge in [0.05, 0.1) is 48.8 Å². The van der Waals surface area contributed by atoms with E-state index in [1.54, 1.807) is 62.4 Å². The molecule has 0 unspecified atom stereocenters. The van der Waals surface area contributed by atoms with E-state index in [-0.39, 0.29) is 11.9 Å². The summed E-state index contributed by atoms with van der Waals surface area (Å²) in [7, 11) is 0. The van der Waals surface area contributed by atoms with Crippen LogP contribution in [0.25, 0.3) is 0 Å². The summed E-state index contributed by atoms with van der Waals surface area (Å²) in [5.41, 5.74) is 2.25.